The van der Waals surface area contributed by atoms with Crippen LogP contribution in [0.25, 0.3) is 0 Å². The molecule has 0 radical (unpaired) electrons. The molecule has 1 aromatic rings. The number of carbonyl (C=O) groups excluding carboxylic acids is 1. The fourth-order valence-corrected chi connectivity index (χ4v) is 2.78. The van der Waals surface area contributed by atoms with Crippen molar-refractivity contribution in [3.8, 4) is 0 Å². The molecule has 0 spiro atoms. The zero-order chi connectivity index (χ0) is 16.3. The van der Waals surface area contributed by atoms with Crippen molar-refractivity contribution in [1.29, 1.82) is 0 Å². The second-order valence-corrected chi connectivity index (χ2v) is 5.88. The lowest BCUT2D eigenvalue weighted by Gasteiger charge is -2.27. The molecule has 0 saturated carbocycles. The maximum absolute atomic E-state index is 12.1. The van der Waals surface area contributed by atoms with Crippen LogP contribution >= 0.6 is 24.0 Å². The van der Waals surface area contributed by atoms with E-state index in [0.29, 0.717) is 12.5 Å². The topological polar surface area (TPSA) is 56.7 Å². The molecule has 5 nitrogen and oxygen atoms in total. The predicted octanol–water partition coefficient (Wildman–Crippen LogP) is 2.41. The Bertz CT molecular complexity index is 501. The van der Waals surface area contributed by atoms with Gasteiger partial charge in [0.25, 0.3) is 0 Å². The fraction of sp³-hybridized carbons (Fsp3) is 0.556. The highest BCUT2D eigenvalue weighted by Crippen LogP contribution is 2.08. The van der Waals surface area contributed by atoms with E-state index in [1.54, 1.807) is 7.05 Å². The number of aliphatic imine (C=N–C) groups is 1. The van der Waals surface area contributed by atoms with Crippen LogP contribution < -0.4 is 10.6 Å². The van der Waals surface area contributed by atoms with E-state index >= 15 is 0 Å². The summed E-state index contributed by atoms with van der Waals surface area (Å²) < 4.78 is 0. The number of hydrogen-bond acceptors (Lipinski definition) is 2. The van der Waals surface area contributed by atoms with Crippen molar-refractivity contribution in [3.63, 3.8) is 0 Å². The van der Waals surface area contributed by atoms with Crippen LogP contribution in [-0.2, 0) is 11.2 Å². The molecule has 24 heavy (non-hydrogen) atoms. The molecule has 0 atom stereocenters. The van der Waals surface area contributed by atoms with E-state index in [4.69, 9.17) is 0 Å². The summed E-state index contributed by atoms with van der Waals surface area (Å²) in [6.45, 7) is 2.94. The van der Waals surface area contributed by atoms with Crippen molar-refractivity contribution >= 4 is 35.8 Å². The largest absolute Gasteiger partial charge is 0.356 e. The van der Waals surface area contributed by atoms with E-state index in [0.717, 1.165) is 45.3 Å². The Morgan fingerprint density at radius 1 is 1.12 bits per heavy atom. The first-order chi connectivity index (χ1) is 11.3. The molecule has 1 fully saturated rings. The van der Waals surface area contributed by atoms with Crippen LogP contribution in [0.3, 0.4) is 0 Å². The average Bonchev–Trinajstić information content (AvgIpc) is 2.62. The number of piperidine rings is 1. The van der Waals surface area contributed by atoms with Gasteiger partial charge in [-0.25, -0.2) is 0 Å². The van der Waals surface area contributed by atoms with Crippen LogP contribution in [0.15, 0.2) is 35.3 Å². The smallest absolute Gasteiger partial charge is 0.241 e. The number of guanidine groups is 1. The van der Waals surface area contributed by atoms with Gasteiger partial charge in [-0.1, -0.05) is 30.3 Å². The van der Waals surface area contributed by atoms with Crippen molar-refractivity contribution in [2.24, 2.45) is 4.99 Å². The van der Waals surface area contributed by atoms with E-state index in [1.165, 1.54) is 12.0 Å². The number of halogens is 1. The minimum atomic E-state index is 0. The minimum absolute atomic E-state index is 0. The van der Waals surface area contributed by atoms with Crippen molar-refractivity contribution in [3.05, 3.63) is 35.9 Å². The molecular weight excluding hydrogens is 415 g/mol. The number of nitrogens with zero attached hydrogens (tertiary/aromatic N) is 2. The molecule has 1 aromatic carbocycles. The molecule has 1 heterocycles. The highest BCUT2D eigenvalue weighted by Gasteiger charge is 2.16. The standard InChI is InChI=1S/C18H28N4O.HI/c1-19-18(20-12-8-11-16-9-4-2-5-10-16)21-15-17(23)22-13-6-3-7-14-22;/h2,4-5,9-10H,3,6-8,11-15H2,1H3,(H2,19,20,21);1H. The first-order valence-corrected chi connectivity index (χ1v) is 8.56. The van der Waals surface area contributed by atoms with Crippen molar-refractivity contribution < 1.29 is 4.79 Å². The third-order valence-electron chi connectivity index (χ3n) is 4.12. The van der Waals surface area contributed by atoms with Gasteiger partial charge in [-0.3, -0.25) is 9.79 Å². The Labute approximate surface area is 162 Å². The molecule has 0 bridgehead atoms. The van der Waals surface area contributed by atoms with Crippen molar-refractivity contribution in [2.45, 2.75) is 32.1 Å². The zero-order valence-electron chi connectivity index (χ0n) is 14.5. The van der Waals surface area contributed by atoms with Crippen LogP contribution in [-0.4, -0.2) is 50.0 Å². The van der Waals surface area contributed by atoms with Gasteiger partial charge in [0.15, 0.2) is 5.96 Å². The summed E-state index contributed by atoms with van der Waals surface area (Å²) in [5.41, 5.74) is 1.34. The van der Waals surface area contributed by atoms with Gasteiger partial charge in [-0.05, 0) is 37.7 Å². The van der Waals surface area contributed by atoms with Gasteiger partial charge in [0.1, 0.15) is 0 Å². The normalized spacial score (nSPS) is 14.7. The fourth-order valence-electron chi connectivity index (χ4n) is 2.78. The molecule has 1 amide bonds. The van der Waals surface area contributed by atoms with Gasteiger partial charge in [0.2, 0.25) is 5.91 Å². The van der Waals surface area contributed by atoms with Gasteiger partial charge in [-0.15, -0.1) is 24.0 Å². The van der Waals surface area contributed by atoms with E-state index in [-0.39, 0.29) is 29.9 Å². The van der Waals surface area contributed by atoms with Crippen LogP contribution in [0, 0.1) is 0 Å². The van der Waals surface area contributed by atoms with Crippen molar-refractivity contribution in [1.82, 2.24) is 15.5 Å². The molecule has 0 aliphatic carbocycles. The summed E-state index contributed by atoms with van der Waals surface area (Å²) in [7, 11) is 1.73. The molecule has 2 rings (SSSR count). The van der Waals surface area contributed by atoms with Crippen LogP contribution in [0.4, 0.5) is 0 Å². The highest BCUT2D eigenvalue weighted by molar-refractivity contribution is 14.0. The molecule has 1 saturated heterocycles. The third-order valence-corrected chi connectivity index (χ3v) is 4.12. The van der Waals surface area contributed by atoms with Crippen molar-refractivity contribution in [2.75, 3.05) is 33.2 Å². The number of aryl methyl sites for hydroxylation is 1. The molecule has 6 heteroatoms. The number of benzene rings is 1. The van der Waals surface area contributed by atoms with E-state index in [1.807, 2.05) is 11.0 Å². The SMILES string of the molecule is CN=C(NCCCc1ccccc1)NCC(=O)N1CCCCC1.I. The van der Waals surface area contributed by atoms with Gasteiger partial charge in [0.05, 0.1) is 6.54 Å². The number of hydrogen-bond donors (Lipinski definition) is 2. The molecular formula is C18H29IN4O. The lowest BCUT2D eigenvalue weighted by molar-refractivity contribution is -0.130. The Kier molecular flexibility index (Phi) is 10.5. The lowest BCUT2D eigenvalue weighted by atomic mass is 10.1. The number of carbonyl (C=O) groups is 1. The second-order valence-electron chi connectivity index (χ2n) is 5.88. The van der Waals surface area contributed by atoms with E-state index in [2.05, 4.69) is 39.9 Å². The monoisotopic (exact) mass is 444 g/mol. The molecule has 134 valence electrons. The summed E-state index contributed by atoms with van der Waals surface area (Å²) in [6.07, 6.45) is 5.56. The predicted molar refractivity (Wildman–Crippen MR) is 110 cm³/mol. The van der Waals surface area contributed by atoms with E-state index < -0.39 is 0 Å². The number of amides is 1. The average molecular weight is 444 g/mol. The summed E-state index contributed by atoms with van der Waals surface area (Å²) in [5.74, 6) is 0.861. The van der Waals surface area contributed by atoms with Crippen LogP contribution in [0.5, 0.6) is 0 Å². The first-order valence-electron chi connectivity index (χ1n) is 8.56. The molecule has 2 N–H and O–H groups in total. The second kappa shape index (κ2) is 12.1. The quantitative estimate of drug-likeness (QED) is 0.307. The summed E-state index contributed by atoms with van der Waals surface area (Å²) in [5, 5.41) is 6.38. The zero-order valence-corrected chi connectivity index (χ0v) is 16.8. The van der Waals surface area contributed by atoms with Gasteiger partial charge in [-0.2, -0.15) is 0 Å². The Morgan fingerprint density at radius 2 is 1.83 bits per heavy atom. The maximum atomic E-state index is 12.1. The molecule has 0 aromatic heterocycles. The molecule has 1 aliphatic rings. The Balaban J connectivity index is 0.00000288. The Hall–Kier alpha value is -1.31. The third kappa shape index (κ3) is 7.51. The number of nitrogens with one attached hydrogen (secondary N) is 2. The summed E-state index contributed by atoms with van der Waals surface area (Å²) in [6, 6.07) is 10.5. The Morgan fingerprint density at radius 3 is 2.50 bits per heavy atom. The van der Waals surface area contributed by atoms with Crippen LogP contribution in [0.2, 0.25) is 0 Å². The summed E-state index contributed by atoms with van der Waals surface area (Å²) in [4.78, 5) is 18.2. The highest BCUT2D eigenvalue weighted by atomic mass is 127. The number of rotatable bonds is 6. The minimum Gasteiger partial charge on any atom is -0.356 e. The van der Waals surface area contributed by atoms with Crippen LogP contribution in [0.1, 0.15) is 31.2 Å². The van der Waals surface area contributed by atoms with Gasteiger partial charge < -0.3 is 15.5 Å². The first kappa shape index (κ1) is 20.7. The summed E-state index contributed by atoms with van der Waals surface area (Å²) >= 11 is 0. The van der Waals surface area contributed by atoms with E-state index in [9.17, 15) is 4.79 Å². The van der Waals surface area contributed by atoms with Gasteiger partial charge in [0, 0.05) is 26.7 Å². The number of likely N-dealkylation sites (tertiary alicyclic amines) is 1. The lowest BCUT2D eigenvalue weighted by Crippen LogP contribution is -2.46. The van der Waals surface area contributed by atoms with Gasteiger partial charge >= 0.3 is 0 Å². The molecule has 1 aliphatic heterocycles. The molecule has 0 unspecified atom stereocenters. The maximum Gasteiger partial charge on any atom is 0.241 e.